The topological polar surface area (TPSA) is 33.0 Å². The first-order chi connectivity index (χ1) is 8.70. The molecule has 90 valence electrons. The summed E-state index contributed by atoms with van der Waals surface area (Å²) >= 11 is 5.71. The van der Waals surface area contributed by atoms with Gasteiger partial charge in [-0.2, -0.15) is 5.26 Å². The van der Waals surface area contributed by atoms with Gasteiger partial charge in [0.05, 0.1) is 6.07 Å². The molecule has 0 spiro atoms. The van der Waals surface area contributed by atoms with E-state index in [0.717, 1.165) is 0 Å². The molecule has 0 bridgehead atoms. The molecule has 2 aromatic rings. The van der Waals surface area contributed by atoms with Gasteiger partial charge >= 0.3 is 0 Å². The van der Waals surface area contributed by atoms with Gasteiger partial charge in [-0.05, 0) is 30.3 Å². The maximum Gasteiger partial charge on any atom is 0.148 e. The Morgan fingerprint density at radius 3 is 2.50 bits per heavy atom. The third-order valence-electron chi connectivity index (χ3n) is 2.33. The lowest BCUT2D eigenvalue weighted by molar-refractivity contribution is 0.479. The highest BCUT2D eigenvalue weighted by Gasteiger charge is 2.13. The highest BCUT2D eigenvalue weighted by molar-refractivity contribution is 6.22. The number of nitriles is 1. The first-order valence-electron chi connectivity index (χ1n) is 5.27. The smallest absolute Gasteiger partial charge is 0.148 e. The van der Waals surface area contributed by atoms with Crippen LogP contribution in [0.5, 0.6) is 11.5 Å². The van der Waals surface area contributed by atoms with Gasteiger partial charge in [-0.1, -0.05) is 18.2 Å². The number of halogens is 2. The second kappa shape index (κ2) is 5.52. The molecule has 0 amide bonds. The number of hydrogen-bond donors (Lipinski definition) is 0. The van der Waals surface area contributed by atoms with Crippen LogP contribution in [0.2, 0.25) is 0 Å². The van der Waals surface area contributed by atoms with Gasteiger partial charge in [-0.3, -0.25) is 0 Å². The van der Waals surface area contributed by atoms with Crippen LogP contribution in [-0.2, 0) is 0 Å². The Kier molecular flexibility index (Phi) is 3.81. The monoisotopic (exact) mass is 261 g/mol. The van der Waals surface area contributed by atoms with E-state index in [0.29, 0.717) is 11.5 Å². The van der Waals surface area contributed by atoms with Gasteiger partial charge in [0.1, 0.15) is 22.7 Å². The van der Waals surface area contributed by atoms with Gasteiger partial charge in [-0.15, -0.1) is 11.6 Å². The largest absolute Gasteiger partial charge is 0.457 e. The van der Waals surface area contributed by atoms with Crippen LogP contribution in [0.4, 0.5) is 4.39 Å². The fraction of sp³-hybridized carbons (Fsp3) is 0.0714. The van der Waals surface area contributed by atoms with Crippen molar-refractivity contribution in [3.63, 3.8) is 0 Å². The molecule has 0 aliphatic heterocycles. The summed E-state index contributed by atoms with van der Waals surface area (Å²) in [6.07, 6.45) is 0. The van der Waals surface area contributed by atoms with E-state index in [1.807, 2.05) is 18.2 Å². The Morgan fingerprint density at radius 1 is 1.11 bits per heavy atom. The maximum absolute atomic E-state index is 13.5. The van der Waals surface area contributed by atoms with E-state index < -0.39 is 11.2 Å². The van der Waals surface area contributed by atoms with E-state index in [4.69, 9.17) is 21.6 Å². The number of ether oxygens (including phenoxy) is 1. The second-order valence-electron chi connectivity index (χ2n) is 3.59. The molecule has 0 fully saturated rings. The lowest BCUT2D eigenvalue weighted by Crippen LogP contribution is -1.93. The Bertz CT molecular complexity index is 580. The summed E-state index contributed by atoms with van der Waals surface area (Å²) in [7, 11) is 0. The predicted molar refractivity (Wildman–Crippen MR) is 67.1 cm³/mol. The zero-order valence-electron chi connectivity index (χ0n) is 9.31. The van der Waals surface area contributed by atoms with Gasteiger partial charge in [-0.25, -0.2) is 4.39 Å². The fourth-order valence-corrected chi connectivity index (χ4v) is 1.64. The minimum atomic E-state index is -1.02. The van der Waals surface area contributed by atoms with Crippen LogP contribution in [0.3, 0.4) is 0 Å². The van der Waals surface area contributed by atoms with Crippen molar-refractivity contribution in [1.29, 1.82) is 5.26 Å². The molecule has 0 aliphatic rings. The molecule has 2 nitrogen and oxygen atoms in total. The van der Waals surface area contributed by atoms with Crippen molar-refractivity contribution in [3.05, 3.63) is 59.9 Å². The van der Waals surface area contributed by atoms with E-state index >= 15 is 0 Å². The normalized spacial score (nSPS) is 11.6. The minimum absolute atomic E-state index is 0.118. The van der Waals surface area contributed by atoms with Crippen LogP contribution in [0.15, 0.2) is 48.5 Å². The minimum Gasteiger partial charge on any atom is -0.457 e. The molecule has 1 unspecified atom stereocenters. The molecular weight excluding hydrogens is 253 g/mol. The highest BCUT2D eigenvalue weighted by Crippen LogP contribution is 2.29. The number of rotatable bonds is 3. The lowest BCUT2D eigenvalue weighted by Gasteiger charge is -2.08. The molecule has 0 aliphatic carbocycles. The Hall–Kier alpha value is -2.05. The second-order valence-corrected chi connectivity index (χ2v) is 4.03. The Morgan fingerprint density at radius 2 is 1.83 bits per heavy atom. The summed E-state index contributed by atoms with van der Waals surface area (Å²) in [4.78, 5) is 0. The number of alkyl halides is 1. The third kappa shape index (κ3) is 2.79. The Labute approximate surface area is 109 Å². The standard InChI is InChI=1S/C14H9ClFNO/c15-13(9-17)12-8-11(6-7-14(12)16)18-10-4-2-1-3-5-10/h1-8,13H. The van der Waals surface area contributed by atoms with Crippen LogP contribution < -0.4 is 4.74 Å². The summed E-state index contributed by atoms with van der Waals surface area (Å²) in [6, 6.07) is 15.0. The van der Waals surface area contributed by atoms with Crippen molar-refractivity contribution in [2.24, 2.45) is 0 Å². The van der Waals surface area contributed by atoms with E-state index in [1.54, 1.807) is 18.2 Å². The quantitative estimate of drug-likeness (QED) is 0.766. The molecule has 0 heterocycles. The molecule has 0 radical (unpaired) electrons. The van der Waals surface area contributed by atoms with Gasteiger partial charge in [0.2, 0.25) is 0 Å². The van der Waals surface area contributed by atoms with E-state index in [2.05, 4.69) is 0 Å². The lowest BCUT2D eigenvalue weighted by atomic mass is 10.1. The average molecular weight is 262 g/mol. The zero-order valence-corrected chi connectivity index (χ0v) is 10.1. The molecule has 0 aromatic heterocycles. The average Bonchev–Trinajstić information content (AvgIpc) is 2.41. The van der Waals surface area contributed by atoms with E-state index in [1.165, 1.54) is 18.2 Å². The van der Waals surface area contributed by atoms with Gasteiger partial charge in [0.15, 0.2) is 0 Å². The van der Waals surface area contributed by atoms with E-state index in [-0.39, 0.29) is 5.56 Å². The first-order valence-corrected chi connectivity index (χ1v) is 5.70. The fourth-order valence-electron chi connectivity index (χ4n) is 1.47. The predicted octanol–water partition coefficient (Wildman–Crippen LogP) is 4.42. The number of para-hydroxylation sites is 1. The molecule has 4 heteroatoms. The van der Waals surface area contributed by atoms with Crippen LogP contribution in [0.25, 0.3) is 0 Å². The van der Waals surface area contributed by atoms with Crippen molar-refractivity contribution in [2.45, 2.75) is 5.38 Å². The summed E-state index contributed by atoms with van der Waals surface area (Å²) < 4.78 is 19.0. The molecule has 1 atom stereocenters. The molecule has 2 rings (SSSR count). The molecule has 0 saturated carbocycles. The molecular formula is C14H9ClFNO. The molecule has 2 aromatic carbocycles. The maximum atomic E-state index is 13.5. The van der Waals surface area contributed by atoms with Crippen molar-refractivity contribution in [1.82, 2.24) is 0 Å². The summed E-state index contributed by atoms with van der Waals surface area (Å²) in [5.74, 6) is 0.564. The van der Waals surface area contributed by atoms with Crippen LogP contribution in [-0.4, -0.2) is 0 Å². The Balaban J connectivity index is 2.28. The SMILES string of the molecule is N#CC(Cl)c1cc(Oc2ccccc2)ccc1F. The summed E-state index contributed by atoms with van der Waals surface area (Å²) in [5, 5.41) is 7.68. The molecule has 0 saturated heterocycles. The van der Waals surface area contributed by atoms with E-state index in [9.17, 15) is 4.39 Å². The zero-order chi connectivity index (χ0) is 13.0. The number of benzene rings is 2. The number of hydrogen-bond acceptors (Lipinski definition) is 2. The van der Waals surface area contributed by atoms with Crippen molar-refractivity contribution in [2.75, 3.05) is 0 Å². The third-order valence-corrected chi connectivity index (χ3v) is 2.67. The van der Waals surface area contributed by atoms with Gasteiger partial charge < -0.3 is 4.74 Å². The summed E-state index contributed by atoms with van der Waals surface area (Å²) in [6.45, 7) is 0. The van der Waals surface area contributed by atoms with Crippen molar-refractivity contribution < 1.29 is 9.13 Å². The van der Waals surface area contributed by atoms with Crippen molar-refractivity contribution >= 4 is 11.6 Å². The van der Waals surface area contributed by atoms with Crippen LogP contribution in [0.1, 0.15) is 10.9 Å². The highest BCUT2D eigenvalue weighted by atomic mass is 35.5. The van der Waals surface area contributed by atoms with Crippen LogP contribution >= 0.6 is 11.6 Å². The van der Waals surface area contributed by atoms with Crippen LogP contribution in [0, 0.1) is 17.1 Å². The molecule has 0 N–H and O–H groups in total. The van der Waals surface area contributed by atoms with Gasteiger partial charge in [0, 0.05) is 5.56 Å². The van der Waals surface area contributed by atoms with Crippen molar-refractivity contribution in [3.8, 4) is 17.6 Å². The first kappa shape index (κ1) is 12.4. The van der Waals surface area contributed by atoms with Gasteiger partial charge in [0.25, 0.3) is 0 Å². The number of nitrogens with zero attached hydrogens (tertiary/aromatic N) is 1. The summed E-state index contributed by atoms with van der Waals surface area (Å²) in [5.41, 5.74) is 0.118. The molecule has 18 heavy (non-hydrogen) atoms.